The predicted octanol–water partition coefficient (Wildman–Crippen LogP) is 0.840. The third-order valence-electron chi connectivity index (χ3n) is 3.26. The molecular weight excluding hydrogens is 220 g/mol. The smallest absolute Gasteiger partial charge is 0.304 e. The second-order valence-electron chi connectivity index (χ2n) is 4.60. The highest BCUT2D eigenvalue weighted by atomic mass is 16.4. The van der Waals surface area contributed by atoms with E-state index in [2.05, 4.69) is 5.32 Å². The Hall–Kier alpha value is -1.10. The molecule has 17 heavy (non-hydrogen) atoms. The van der Waals surface area contributed by atoms with E-state index < -0.39 is 5.97 Å². The molecule has 1 amide bonds. The highest BCUT2D eigenvalue weighted by Crippen LogP contribution is 2.22. The number of nitrogens with zero attached hydrogens (tertiary/aromatic N) is 1. The number of amides is 1. The quantitative estimate of drug-likeness (QED) is 0.724. The molecule has 0 aromatic heterocycles. The number of nitrogens with one attached hydrogen (secondary N) is 1. The SMILES string of the molecule is CCCNC(=O)C(C)N1CCCC1CC(=O)O. The molecule has 5 heteroatoms. The number of rotatable bonds is 6. The van der Waals surface area contributed by atoms with Crippen LogP contribution in [0.25, 0.3) is 0 Å². The van der Waals surface area contributed by atoms with Crippen LogP contribution >= 0.6 is 0 Å². The summed E-state index contributed by atoms with van der Waals surface area (Å²) < 4.78 is 0. The first-order valence-electron chi connectivity index (χ1n) is 6.31. The zero-order valence-electron chi connectivity index (χ0n) is 10.6. The van der Waals surface area contributed by atoms with E-state index in [9.17, 15) is 9.59 Å². The van der Waals surface area contributed by atoms with Crippen LogP contribution in [0.15, 0.2) is 0 Å². The highest BCUT2D eigenvalue weighted by molar-refractivity contribution is 5.81. The lowest BCUT2D eigenvalue weighted by atomic mass is 10.1. The molecule has 1 fully saturated rings. The fourth-order valence-electron chi connectivity index (χ4n) is 2.34. The summed E-state index contributed by atoms with van der Waals surface area (Å²) in [7, 11) is 0. The second-order valence-corrected chi connectivity index (χ2v) is 4.60. The minimum Gasteiger partial charge on any atom is -0.481 e. The number of hydrogen-bond acceptors (Lipinski definition) is 3. The van der Waals surface area contributed by atoms with E-state index in [1.807, 2.05) is 18.7 Å². The van der Waals surface area contributed by atoms with E-state index in [4.69, 9.17) is 5.11 Å². The molecule has 1 saturated heterocycles. The van der Waals surface area contributed by atoms with Crippen LogP contribution in [0.1, 0.15) is 39.5 Å². The molecule has 2 atom stereocenters. The first kappa shape index (κ1) is 14.0. The molecule has 98 valence electrons. The topological polar surface area (TPSA) is 69.6 Å². The van der Waals surface area contributed by atoms with Gasteiger partial charge in [-0.15, -0.1) is 0 Å². The first-order valence-corrected chi connectivity index (χ1v) is 6.31. The summed E-state index contributed by atoms with van der Waals surface area (Å²) in [5, 5.41) is 11.7. The van der Waals surface area contributed by atoms with Crippen molar-refractivity contribution in [2.45, 2.75) is 51.6 Å². The number of carbonyl (C=O) groups excluding carboxylic acids is 1. The van der Waals surface area contributed by atoms with Gasteiger partial charge in [-0.2, -0.15) is 0 Å². The molecule has 2 unspecified atom stereocenters. The summed E-state index contributed by atoms with van der Waals surface area (Å²) in [5.74, 6) is -0.785. The van der Waals surface area contributed by atoms with Gasteiger partial charge in [0.15, 0.2) is 0 Å². The molecule has 0 spiro atoms. The van der Waals surface area contributed by atoms with Crippen LogP contribution in [0.5, 0.6) is 0 Å². The Bertz CT molecular complexity index is 281. The van der Waals surface area contributed by atoms with E-state index in [1.54, 1.807) is 0 Å². The zero-order chi connectivity index (χ0) is 12.8. The molecule has 5 nitrogen and oxygen atoms in total. The van der Waals surface area contributed by atoms with Crippen LogP contribution < -0.4 is 5.32 Å². The van der Waals surface area contributed by atoms with Crippen molar-refractivity contribution in [1.82, 2.24) is 10.2 Å². The maximum atomic E-state index is 11.8. The largest absolute Gasteiger partial charge is 0.481 e. The van der Waals surface area contributed by atoms with Gasteiger partial charge in [-0.1, -0.05) is 6.92 Å². The number of hydrogen-bond donors (Lipinski definition) is 2. The summed E-state index contributed by atoms with van der Waals surface area (Å²) >= 11 is 0. The van der Waals surface area contributed by atoms with Gasteiger partial charge in [-0.05, 0) is 32.7 Å². The molecule has 0 aromatic carbocycles. The van der Waals surface area contributed by atoms with Crippen LogP contribution in [0, 0.1) is 0 Å². The van der Waals surface area contributed by atoms with Crippen LogP contribution in [0.2, 0.25) is 0 Å². The van der Waals surface area contributed by atoms with Crippen LogP contribution in [0.4, 0.5) is 0 Å². The summed E-state index contributed by atoms with van der Waals surface area (Å²) in [6.07, 6.45) is 2.89. The molecule has 0 aliphatic carbocycles. The van der Waals surface area contributed by atoms with Gasteiger partial charge in [0.2, 0.25) is 5.91 Å². The Balaban J connectivity index is 2.51. The predicted molar refractivity (Wildman–Crippen MR) is 64.7 cm³/mol. The molecule has 2 N–H and O–H groups in total. The highest BCUT2D eigenvalue weighted by Gasteiger charge is 2.32. The van der Waals surface area contributed by atoms with Gasteiger partial charge in [0.05, 0.1) is 12.5 Å². The zero-order valence-corrected chi connectivity index (χ0v) is 10.6. The van der Waals surface area contributed by atoms with E-state index in [-0.39, 0.29) is 24.4 Å². The monoisotopic (exact) mass is 242 g/mol. The van der Waals surface area contributed by atoms with Crippen molar-refractivity contribution in [3.05, 3.63) is 0 Å². The minimum absolute atomic E-state index is 0.00383. The van der Waals surface area contributed by atoms with Crippen molar-refractivity contribution in [1.29, 1.82) is 0 Å². The summed E-state index contributed by atoms with van der Waals surface area (Å²) in [6, 6.07) is -0.219. The number of carboxylic acids is 1. The molecule has 1 heterocycles. The summed E-state index contributed by atoms with van der Waals surface area (Å²) in [6.45, 7) is 5.36. The summed E-state index contributed by atoms with van der Waals surface area (Å²) in [4.78, 5) is 24.6. The fraction of sp³-hybridized carbons (Fsp3) is 0.833. The standard InChI is InChI=1S/C12H22N2O3/c1-3-6-13-12(17)9(2)14-7-4-5-10(14)8-11(15)16/h9-10H,3-8H2,1-2H3,(H,13,17)(H,15,16). The fourth-order valence-corrected chi connectivity index (χ4v) is 2.34. The normalized spacial score (nSPS) is 22.4. The number of likely N-dealkylation sites (tertiary alicyclic amines) is 1. The molecule has 0 aromatic rings. The molecule has 0 bridgehead atoms. The third-order valence-corrected chi connectivity index (χ3v) is 3.26. The molecule has 0 saturated carbocycles. The van der Waals surface area contributed by atoms with Crippen LogP contribution in [-0.2, 0) is 9.59 Å². The Morgan fingerprint density at radius 3 is 2.82 bits per heavy atom. The van der Waals surface area contributed by atoms with Gasteiger partial charge in [-0.25, -0.2) is 0 Å². The van der Waals surface area contributed by atoms with Gasteiger partial charge in [-0.3, -0.25) is 14.5 Å². The lowest BCUT2D eigenvalue weighted by Gasteiger charge is -2.28. The Kier molecular flexibility index (Phi) is 5.41. The molecule has 1 aliphatic heterocycles. The van der Waals surface area contributed by atoms with Crippen molar-refractivity contribution in [2.24, 2.45) is 0 Å². The summed E-state index contributed by atoms with van der Waals surface area (Å²) in [5.41, 5.74) is 0. The maximum Gasteiger partial charge on any atom is 0.304 e. The van der Waals surface area contributed by atoms with Gasteiger partial charge in [0.1, 0.15) is 0 Å². The molecule has 1 rings (SSSR count). The molecular formula is C12H22N2O3. The number of aliphatic carboxylic acids is 1. The minimum atomic E-state index is -0.789. The average molecular weight is 242 g/mol. The van der Waals surface area contributed by atoms with Crippen molar-refractivity contribution in [2.75, 3.05) is 13.1 Å². The van der Waals surface area contributed by atoms with Crippen molar-refractivity contribution in [3.8, 4) is 0 Å². The van der Waals surface area contributed by atoms with E-state index in [0.717, 1.165) is 25.8 Å². The van der Waals surface area contributed by atoms with E-state index in [1.165, 1.54) is 0 Å². The molecule has 0 radical (unpaired) electrons. The Morgan fingerprint density at radius 1 is 1.53 bits per heavy atom. The van der Waals surface area contributed by atoms with Crippen molar-refractivity contribution < 1.29 is 14.7 Å². The second kappa shape index (κ2) is 6.59. The average Bonchev–Trinajstić information content (AvgIpc) is 2.71. The molecule has 1 aliphatic rings. The maximum absolute atomic E-state index is 11.8. The van der Waals surface area contributed by atoms with Gasteiger partial charge >= 0.3 is 5.97 Å². The van der Waals surface area contributed by atoms with Crippen molar-refractivity contribution in [3.63, 3.8) is 0 Å². The first-order chi connectivity index (χ1) is 8.06. The van der Waals surface area contributed by atoms with Crippen molar-refractivity contribution >= 4 is 11.9 Å². The number of carbonyl (C=O) groups is 2. The Labute approximate surface area is 102 Å². The van der Waals surface area contributed by atoms with Crippen LogP contribution in [0.3, 0.4) is 0 Å². The number of carboxylic acid groups (broad SMARTS) is 1. The van der Waals surface area contributed by atoms with Gasteiger partial charge in [0, 0.05) is 12.6 Å². The van der Waals surface area contributed by atoms with E-state index in [0.29, 0.717) is 6.54 Å². The van der Waals surface area contributed by atoms with Crippen LogP contribution in [-0.4, -0.2) is 47.1 Å². The third kappa shape index (κ3) is 4.00. The lowest BCUT2D eigenvalue weighted by molar-refractivity contribution is -0.139. The van der Waals surface area contributed by atoms with E-state index >= 15 is 0 Å². The van der Waals surface area contributed by atoms with Gasteiger partial charge < -0.3 is 10.4 Å². The Morgan fingerprint density at radius 2 is 2.24 bits per heavy atom. The lowest BCUT2D eigenvalue weighted by Crippen LogP contribution is -2.47. The van der Waals surface area contributed by atoms with Gasteiger partial charge in [0.25, 0.3) is 0 Å².